The maximum Gasteiger partial charge on any atom is 0.235 e. The predicted octanol–water partition coefficient (Wildman–Crippen LogP) is 24.0. The fraction of sp³-hybridized carbons (Fsp3) is 0.0112. The van der Waals surface area contributed by atoms with Crippen LogP contribution in [0.2, 0.25) is 0 Å². The maximum atomic E-state index is 5.67. The van der Waals surface area contributed by atoms with Crippen molar-refractivity contribution in [1.82, 2.24) is 33.6 Å². The highest BCUT2D eigenvalue weighted by Gasteiger charge is 2.31. The average molecular weight is 1300 g/mol. The van der Waals surface area contributed by atoms with Crippen molar-refractivity contribution in [1.29, 1.82) is 0 Å². The van der Waals surface area contributed by atoms with Crippen molar-refractivity contribution < 1.29 is 0 Å². The van der Waals surface area contributed by atoms with Gasteiger partial charge in [0, 0.05) is 90.6 Å². The molecule has 20 aromatic rings. The first-order valence-corrected chi connectivity index (χ1v) is 35.2. The van der Waals surface area contributed by atoms with Crippen molar-refractivity contribution in [2.24, 2.45) is 0 Å². The summed E-state index contributed by atoms with van der Waals surface area (Å²) in [4.78, 5) is 29.3. The van der Waals surface area contributed by atoms with Crippen molar-refractivity contribution in [2.45, 2.75) is 26.5 Å². The molecule has 10 heteroatoms. The molecule has 15 aromatic carbocycles. The highest BCUT2D eigenvalue weighted by Crippen LogP contribution is 2.53. The SMILES string of the molecule is Cc1ccc2ccccc2c1N(c1nc2c3c(cccc3n1)Sc1ccccc1-2)c1cccc2c1c1ccccc1n2-c1ccc(-c2ccc3ccc4c(ccc5c4c4ccc6c(c7ccccc7n6-c6nc7c8c(cccc8n6)Sc6ccccc6-7)c4n5-c4ccccc4)c3c2)cc1. The molecule has 0 fully saturated rings. The molecular weight excluding hydrogens is 1250 g/mol. The summed E-state index contributed by atoms with van der Waals surface area (Å²) in [5.41, 5.74) is 20.3. The van der Waals surface area contributed by atoms with Crippen LogP contribution in [0.5, 0.6) is 0 Å². The Hall–Kier alpha value is -12.3. The van der Waals surface area contributed by atoms with E-state index in [1.54, 1.807) is 23.5 Å². The maximum absolute atomic E-state index is 5.67. The monoisotopic (exact) mass is 1300 g/mol. The molecule has 0 N–H and O–H groups in total. The molecule has 8 nitrogen and oxygen atoms in total. The minimum Gasteiger partial charge on any atom is -0.309 e. The van der Waals surface area contributed by atoms with Crippen LogP contribution in [0.3, 0.4) is 0 Å². The van der Waals surface area contributed by atoms with Gasteiger partial charge in [0.2, 0.25) is 11.9 Å². The lowest BCUT2D eigenvalue weighted by molar-refractivity contribution is 1.01. The molecule has 0 saturated heterocycles. The second kappa shape index (κ2) is 20.8. The summed E-state index contributed by atoms with van der Waals surface area (Å²) in [5.74, 6) is 1.28. The number of fused-ring (bicyclic) bond motifs is 19. The zero-order chi connectivity index (χ0) is 64.7. The fourth-order valence-electron chi connectivity index (χ4n) is 16.5. The van der Waals surface area contributed by atoms with Gasteiger partial charge < -0.3 is 9.13 Å². The smallest absolute Gasteiger partial charge is 0.235 e. The van der Waals surface area contributed by atoms with Gasteiger partial charge in [-0.1, -0.05) is 218 Å². The lowest BCUT2D eigenvalue weighted by Gasteiger charge is -2.29. The molecule has 5 aromatic heterocycles. The van der Waals surface area contributed by atoms with Crippen LogP contribution in [0.25, 0.3) is 171 Å². The quantitative estimate of drug-likeness (QED) is 0.147. The third kappa shape index (κ3) is 7.89. The number of benzene rings is 15. The average Bonchev–Trinajstić information content (AvgIpc) is 1.51. The Balaban J connectivity index is 0.698. The van der Waals surface area contributed by atoms with Crippen molar-refractivity contribution in [2.75, 3.05) is 4.90 Å². The summed E-state index contributed by atoms with van der Waals surface area (Å²) in [6.07, 6.45) is 0. The third-order valence-corrected chi connectivity index (χ3v) is 23.0. The summed E-state index contributed by atoms with van der Waals surface area (Å²) in [6, 6.07) is 109. The van der Waals surface area contributed by atoms with E-state index in [9.17, 15) is 0 Å². The van der Waals surface area contributed by atoms with Crippen LogP contribution < -0.4 is 4.90 Å². The van der Waals surface area contributed by atoms with Gasteiger partial charge in [0.05, 0.1) is 66.9 Å². The number of rotatable bonds is 7. The fourth-order valence-corrected chi connectivity index (χ4v) is 18.7. The molecule has 99 heavy (non-hydrogen) atoms. The van der Waals surface area contributed by atoms with E-state index < -0.39 is 0 Å². The molecule has 0 radical (unpaired) electrons. The van der Waals surface area contributed by atoms with Crippen LogP contribution in [-0.4, -0.2) is 33.6 Å². The van der Waals surface area contributed by atoms with Gasteiger partial charge in [0.25, 0.3) is 0 Å². The largest absolute Gasteiger partial charge is 0.309 e. The van der Waals surface area contributed by atoms with E-state index in [-0.39, 0.29) is 0 Å². The Kier molecular flexibility index (Phi) is 11.5. The lowest BCUT2D eigenvalue weighted by Crippen LogP contribution is -2.16. The second-order valence-corrected chi connectivity index (χ2v) is 28.2. The van der Waals surface area contributed by atoms with Gasteiger partial charge in [0.15, 0.2) is 0 Å². The standard InChI is InChI=1S/C89H52N8S2/c1-51-36-37-53-18-5-6-21-58(53)86(51)97(89-91-68-27-16-35-78-83(68)85(93-89)64-25-10-14-33-76(64)99-78)72-31-17-30-71-80(72)61-22-7-11-28-69(61)94(71)57-43-40-52(41-44-57)55-39-38-54-42-45-60-59(66(54)50-55)46-48-73-79(60)65-47-49-74-81(87(65)95(73)56-19-3-2-4-20-56)62-23-8-12-29-70(62)96(74)88-90-67-26-15-34-77-82(67)84(92-88)63-24-9-13-32-75(63)98-77/h2-50H,1H3. The number of aryl methyl sites for hydroxylation is 1. The van der Waals surface area contributed by atoms with Gasteiger partial charge in [-0.15, -0.1) is 0 Å². The van der Waals surface area contributed by atoms with Gasteiger partial charge in [-0.3, -0.25) is 9.47 Å². The van der Waals surface area contributed by atoms with Gasteiger partial charge in [-0.2, -0.15) is 0 Å². The zero-order valence-corrected chi connectivity index (χ0v) is 54.8. The summed E-state index contributed by atoms with van der Waals surface area (Å²) < 4.78 is 7.20. The first-order valence-electron chi connectivity index (χ1n) is 33.5. The molecule has 22 rings (SSSR count). The molecule has 0 amide bonds. The minimum absolute atomic E-state index is 0.625. The number of hydrogen-bond donors (Lipinski definition) is 0. The Bertz CT molecular complexity index is 6950. The lowest BCUT2D eigenvalue weighted by atomic mass is 9.95. The summed E-state index contributed by atoms with van der Waals surface area (Å²) in [5, 5.41) is 16.3. The Labute approximate surface area is 575 Å². The number of nitrogens with zero attached hydrogens (tertiary/aromatic N) is 8. The second-order valence-electron chi connectivity index (χ2n) is 26.0. The van der Waals surface area contributed by atoms with E-state index in [0.29, 0.717) is 11.9 Å². The molecule has 0 bridgehead atoms. The van der Waals surface area contributed by atoms with E-state index >= 15 is 0 Å². The molecule has 0 aliphatic carbocycles. The molecule has 0 unspecified atom stereocenters. The first-order chi connectivity index (χ1) is 49.0. The van der Waals surface area contributed by atoms with E-state index in [2.05, 4.69) is 323 Å². The first kappa shape index (κ1) is 54.9. The Morgan fingerprint density at radius 1 is 0.313 bits per heavy atom. The molecule has 0 spiro atoms. The number of hydrogen-bond acceptors (Lipinski definition) is 7. The topological polar surface area (TPSA) is 69.6 Å². The van der Waals surface area contributed by atoms with Crippen molar-refractivity contribution in [3.63, 3.8) is 0 Å². The molecular formula is C89H52N8S2. The van der Waals surface area contributed by atoms with E-state index in [1.165, 1.54) is 51.9 Å². The molecule has 2 aliphatic heterocycles. The predicted molar refractivity (Wildman–Crippen MR) is 412 cm³/mol. The van der Waals surface area contributed by atoms with Gasteiger partial charge in [-0.05, 0) is 154 Å². The Morgan fingerprint density at radius 2 is 0.859 bits per heavy atom. The summed E-state index contributed by atoms with van der Waals surface area (Å²) in [6.45, 7) is 2.21. The van der Waals surface area contributed by atoms with Crippen LogP contribution in [-0.2, 0) is 0 Å². The number of aromatic nitrogens is 7. The highest BCUT2D eigenvalue weighted by atomic mass is 32.2. The summed E-state index contributed by atoms with van der Waals surface area (Å²) in [7, 11) is 0. The van der Waals surface area contributed by atoms with Crippen LogP contribution in [0.15, 0.2) is 317 Å². The van der Waals surface area contributed by atoms with Crippen LogP contribution in [0.1, 0.15) is 5.56 Å². The number of para-hydroxylation sites is 3. The summed E-state index contributed by atoms with van der Waals surface area (Å²) >= 11 is 3.59. The van der Waals surface area contributed by atoms with E-state index in [1.807, 2.05) is 0 Å². The molecule has 460 valence electrons. The third-order valence-electron chi connectivity index (χ3n) is 20.7. The van der Waals surface area contributed by atoms with E-state index in [0.717, 1.165) is 149 Å². The zero-order valence-electron chi connectivity index (χ0n) is 53.2. The van der Waals surface area contributed by atoms with Crippen molar-refractivity contribution in [3.8, 4) is 51.0 Å². The van der Waals surface area contributed by atoms with Crippen LogP contribution in [0, 0.1) is 6.92 Å². The van der Waals surface area contributed by atoms with Gasteiger partial charge in [-0.25, -0.2) is 19.9 Å². The van der Waals surface area contributed by atoms with Crippen LogP contribution in [0.4, 0.5) is 17.3 Å². The number of anilines is 3. The normalized spacial score (nSPS) is 12.6. The molecule has 0 atom stereocenters. The molecule has 7 heterocycles. The minimum atomic E-state index is 0.625. The van der Waals surface area contributed by atoms with Gasteiger partial charge in [0.1, 0.15) is 0 Å². The highest BCUT2D eigenvalue weighted by molar-refractivity contribution is 8.00. The van der Waals surface area contributed by atoms with E-state index in [4.69, 9.17) is 19.9 Å². The van der Waals surface area contributed by atoms with Crippen molar-refractivity contribution >= 4 is 160 Å². The van der Waals surface area contributed by atoms with Crippen LogP contribution >= 0.6 is 23.5 Å². The molecule has 2 aliphatic rings. The van der Waals surface area contributed by atoms with Gasteiger partial charge >= 0.3 is 0 Å². The molecule has 0 saturated carbocycles. The van der Waals surface area contributed by atoms with Crippen molar-refractivity contribution in [3.05, 3.63) is 303 Å². The Morgan fingerprint density at radius 3 is 1.63 bits per heavy atom.